The molecule has 1 aromatic carbocycles. The Bertz CT molecular complexity index is 1410. The summed E-state index contributed by atoms with van der Waals surface area (Å²) in [5, 5.41) is 0.0677. The van der Waals surface area contributed by atoms with E-state index in [9.17, 15) is 14.4 Å². The molecular weight excluding hydrogens is 441 g/mol. The van der Waals surface area contributed by atoms with Gasteiger partial charge in [0.05, 0.1) is 22.6 Å². The maximum absolute atomic E-state index is 15.3. The van der Waals surface area contributed by atoms with Crippen molar-refractivity contribution in [2.45, 2.75) is 65.1 Å². The zero-order valence-corrected chi connectivity index (χ0v) is 20.3. The van der Waals surface area contributed by atoms with Crippen molar-refractivity contribution in [2.24, 2.45) is 0 Å². The molecule has 34 heavy (non-hydrogen) atoms. The van der Waals surface area contributed by atoms with Gasteiger partial charge in [-0.25, -0.2) is 14.0 Å². The van der Waals surface area contributed by atoms with Gasteiger partial charge in [-0.2, -0.15) is 4.68 Å². The fourth-order valence-electron chi connectivity index (χ4n) is 4.16. The second-order valence-corrected chi connectivity index (χ2v) is 9.91. The Morgan fingerprint density at radius 2 is 1.94 bits per heavy atom. The highest BCUT2D eigenvalue weighted by molar-refractivity contribution is 5.85. The first-order valence-corrected chi connectivity index (χ1v) is 11.2. The van der Waals surface area contributed by atoms with Crippen LogP contribution in [0.15, 0.2) is 34.1 Å². The zero-order valence-electron chi connectivity index (χ0n) is 20.3. The van der Waals surface area contributed by atoms with E-state index in [0.29, 0.717) is 15.8 Å². The van der Waals surface area contributed by atoms with Gasteiger partial charge in [0, 0.05) is 31.0 Å². The van der Waals surface area contributed by atoms with E-state index in [4.69, 9.17) is 10.6 Å². The minimum atomic E-state index is -0.730. The lowest BCUT2D eigenvalue weighted by atomic mass is 10.1. The monoisotopic (exact) mass is 471 g/mol. The van der Waals surface area contributed by atoms with Gasteiger partial charge in [0.15, 0.2) is 0 Å². The molecule has 0 saturated heterocycles. The number of halogens is 1. The summed E-state index contributed by atoms with van der Waals surface area (Å²) in [5.74, 6) is 5.08. The molecule has 9 nitrogen and oxygen atoms in total. The number of aryl methyl sites for hydroxylation is 1. The first kappa shape index (κ1) is 23.6. The van der Waals surface area contributed by atoms with Gasteiger partial charge in [-0.3, -0.25) is 9.36 Å². The molecule has 10 heteroatoms. The summed E-state index contributed by atoms with van der Waals surface area (Å²) < 4.78 is 24.4. The third-order valence-electron chi connectivity index (χ3n) is 6.20. The Morgan fingerprint density at radius 1 is 1.29 bits per heavy atom. The van der Waals surface area contributed by atoms with Gasteiger partial charge < -0.3 is 20.0 Å². The van der Waals surface area contributed by atoms with E-state index in [-0.39, 0.29) is 23.2 Å². The van der Waals surface area contributed by atoms with Crippen LogP contribution in [-0.2, 0) is 4.74 Å². The van der Waals surface area contributed by atoms with E-state index in [2.05, 4.69) is 0 Å². The third-order valence-corrected chi connectivity index (χ3v) is 6.20. The van der Waals surface area contributed by atoms with Crippen LogP contribution in [0.25, 0.3) is 16.6 Å². The molecule has 3 aromatic rings. The molecule has 0 aliphatic heterocycles. The fraction of sp³-hybridized carbons (Fsp3) is 0.458. The molecule has 4 rings (SSSR count). The SMILES string of the molecule is Cc1c(-n2ccc(C(C)N(C)C(=O)OC(C)(C)C)c2)c(F)cc2c(=O)n(N)c(=O)n(C3CC3)c12. The van der Waals surface area contributed by atoms with Gasteiger partial charge in [0.25, 0.3) is 5.56 Å². The average molecular weight is 472 g/mol. The molecule has 2 heterocycles. The average Bonchev–Trinajstić information content (AvgIpc) is 3.47. The molecule has 0 spiro atoms. The van der Waals surface area contributed by atoms with E-state index in [0.717, 1.165) is 24.5 Å². The molecule has 1 atom stereocenters. The number of hydrogen-bond donors (Lipinski definition) is 1. The summed E-state index contributed by atoms with van der Waals surface area (Å²) >= 11 is 0. The normalized spacial score (nSPS) is 14.9. The highest BCUT2D eigenvalue weighted by Gasteiger charge is 2.30. The highest BCUT2D eigenvalue weighted by atomic mass is 19.1. The molecule has 1 aliphatic carbocycles. The van der Waals surface area contributed by atoms with Gasteiger partial charge in [0.2, 0.25) is 0 Å². The van der Waals surface area contributed by atoms with Gasteiger partial charge >= 0.3 is 11.8 Å². The zero-order chi connectivity index (χ0) is 25.1. The minimum absolute atomic E-state index is 0.0647. The third kappa shape index (κ3) is 3.97. The predicted molar refractivity (Wildman–Crippen MR) is 127 cm³/mol. The highest BCUT2D eigenvalue weighted by Crippen LogP contribution is 2.37. The lowest BCUT2D eigenvalue weighted by Crippen LogP contribution is -2.44. The number of carbonyl (C=O) groups is 1. The van der Waals surface area contributed by atoms with Gasteiger partial charge in [-0.1, -0.05) is 0 Å². The van der Waals surface area contributed by atoms with E-state index in [1.54, 1.807) is 57.8 Å². The summed E-state index contributed by atoms with van der Waals surface area (Å²) in [4.78, 5) is 39.3. The van der Waals surface area contributed by atoms with E-state index in [1.807, 2.05) is 6.92 Å². The van der Waals surface area contributed by atoms with Crippen LogP contribution in [0.5, 0.6) is 0 Å². The van der Waals surface area contributed by atoms with Gasteiger partial charge in [-0.05, 0) is 65.2 Å². The Hall–Kier alpha value is -3.56. The second kappa shape index (κ2) is 8.03. The number of amides is 1. The summed E-state index contributed by atoms with van der Waals surface area (Å²) in [6.45, 7) is 8.93. The van der Waals surface area contributed by atoms with Crippen LogP contribution in [0.2, 0.25) is 0 Å². The van der Waals surface area contributed by atoms with E-state index in [1.165, 1.54) is 9.47 Å². The lowest BCUT2D eigenvalue weighted by molar-refractivity contribution is 0.0234. The molecule has 1 fully saturated rings. The Morgan fingerprint density at radius 3 is 2.53 bits per heavy atom. The maximum Gasteiger partial charge on any atom is 0.410 e. The first-order chi connectivity index (χ1) is 15.8. The molecule has 182 valence electrons. The first-order valence-electron chi connectivity index (χ1n) is 11.2. The number of nitrogens with two attached hydrogens (primary N) is 1. The Labute approximate surface area is 196 Å². The molecule has 1 aliphatic rings. The molecule has 0 radical (unpaired) electrons. The summed E-state index contributed by atoms with van der Waals surface area (Å²) in [5.41, 5.74) is -0.107. The van der Waals surface area contributed by atoms with Crippen molar-refractivity contribution in [1.29, 1.82) is 0 Å². The number of nitrogens with zero attached hydrogens (tertiary/aromatic N) is 4. The number of nitrogen functional groups attached to an aromatic ring is 1. The van der Waals surface area contributed by atoms with Crippen molar-refractivity contribution in [2.75, 3.05) is 12.9 Å². The van der Waals surface area contributed by atoms with Crippen LogP contribution < -0.4 is 17.1 Å². The van der Waals surface area contributed by atoms with Crippen molar-refractivity contribution >= 4 is 17.0 Å². The van der Waals surface area contributed by atoms with Crippen molar-refractivity contribution in [3.05, 3.63) is 62.3 Å². The standard InChI is InChI=1S/C24H30FN5O4/c1-13-19-17(21(31)30(26)22(32)29(19)16-7-8-16)11-18(25)20(13)28-10-9-15(12-28)14(2)27(6)23(33)34-24(3,4)5/h9-12,14,16H,7-8,26H2,1-6H3. The van der Waals surface area contributed by atoms with Crippen molar-refractivity contribution in [1.82, 2.24) is 18.7 Å². The number of rotatable bonds is 4. The Kier molecular flexibility index (Phi) is 5.58. The fourth-order valence-corrected chi connectivity index (χ4v) is 4.16. The molecule has 2 N–H and O–H groups in total. The molecular formula is C24H30FN5O4. The number of fused-ring (bicyclic) bond motifs is 1. The van der Waals surface area contributed by atoms with Crippen LogP contribution in [0.4, 0.5) is 9.18 Å². The van der Waals surface area contributed by atoms with Crippen molar-refractivity contribution < 1.29 is 13.9 Å². The summed E-state index contributed by atoms with van der Waals surface area (Å²) in [6, 6.07) is 2.53. The number of ether oxygens (including phenoxy) is 1. The largest absolute Gasteiger partial charge is 0.444 e. The smallest absolute Gasteiger partial charge is 0.410 e. The van der Waals surface area contributed by atoms with Crippen LogP contribution >= 0.6 is 0 Å². The number of aromatic nitrogens is 3. The van der Waals surface area contributed by atoms with E-state index < -0.39 is 28.8 Å². The van der Waals surface area contributed by atoms with Gasteiger partial charge in [0.1, 0.15) is 11.4 Å². The summed E-state index contributed by atoms with van der Waals surface area (Å²) in [6.07, 6.45) is 4.54. The number of benzene rings is 1. The maximum atomic E-state index is 15.3. The van der Waals surface area contributed by atoms with E-state index >= 15 is 4.39 Å². The lowest BCUT2D eigenvalue weighted by Gasteiger charge is -2.28. The molecule has 0 bridgehead atoms. The molecule has 1 saturated carbocycles. The van der Waals surface area contributed by atoms with Gasteiger partial charge in [-0.15, -0.1) is 0 Å². The topological polar surface area (TPSA) is 104 Å². The van der Waals surface area contributed by atoms with Crippen LogP contribution in [0.3, 0.4) is 0 Å². The number of carbonyl (C=O) groups excluding carboxylic acids is 1. The quantitative estimate of drug-likeness (QED) is 0.588. The Balaban J connectivity index is 1.80. The van der Waals surface area contributed by atoms with Crippen molar-refractivity contribution in [3.63, 3.8) is 0 Å². The van der Waals surface area contributed by atoms with Crippen LogP contribution in [0.1, 0.15) is 63.7 Å². The van der Waals surface area contributed by atoms with Crippen LogP contribution in [-0.4, -0.2) is 37.5 Å². The molecule has 1 unspecified atom stereocenters. The predicted octanol–water partition coefficient (Wildman–Crippen LogP) is 3.38. The molecule has 2 aromatic heterocycles. The minimum Gasteiger partial charge on any atom is -0.444 e. The van der Waals surface area contributed by atoms with Crippen LogP contribution in [0, 0.1) is 12.7 Å². The molecule has 1 amide bonds. The summed E-state index contributed by atoms with van der Waals surface area (Å²) in [7, 11) is 1.64. The van der Waals surface area contributed by atoms with Crippen molar-refractivity contribution in [3.8, 4) is 5.69 Å². The number of hydrogen-bond acceptors (Lipinski definition) is 5. The second-order valence-electron chi connectivity index (χ2n) is 9.91.